The highest BCUT2D eigenvalue weighted by molar-refractivity contribution is 8.18. The summed E-state index contributed by atoms with van der Waals surface area (Å²) < 4.78 is 15.9. The van der Waals surface area contributed by atoms with Gasteiger partial charge in [-0.1, -0.05) is 18.2 Å². The normalized spacial score (nSPS) is 15.4. The van der Waals surface area contributed by atoms with Crippen molar-refractivity contribution in [2.75, 3.05) is 20.3 Å². The number of esters is 1. The van der Waals surface area contributed by atoms with Crippen LogP contribution in [0, 0.1) is 0 Å². The molecule has 33 heavy (non-hydrogen) atoms. The van der Waals surface area contributed by atoms with Crippen molar-refractivity contribution in [1.82, 2.24) is 5.32 Å². The average molecular weight is 471 g/mol. The summed E-state index contributed by atoms with van der Waals surface area (Å²) in [4.78, 5) is 39.9. The molecule has 0 atom stereocenters. The summed E-state index contributed by atoms with van der Waals surface area (Å²) in [6.45, 7) is 2.23. The molecule has 0 radical (unpaired) electrons. The third kappa shape index (κ3) is 6.36. The summed E-state index contributed by atoms with van der Waals surface area (Å²) in [5.74, 6) is -0.930. The van der Waals surface area contributed by atoms with Gasteiger partial charge in [0.15, 0.2) is 16.7 Å². The van der Waals surface area contributed by atoms with Gasteiger partial charge in [0, 0.05) is 0 Å². The first-order chi connectivity index (χ1) is 15.9. The van der Waals surface area contributed by atoms with Crippen LogP contribution in [0.5, 0.6) is 11.5 Å². The molecule has 1 saturated heterocycles. The first-order valence-electron chi connectivity index (χ1n) is 9.99. The highest BCUT2D eigenvalue weighted by atomic mass is 32.2. The topological polar surface area (TPSA) is 124 Å². The molecule has 0 aromatic heterocycles. The highest BCUT2D eigenvalue weighted by Gasteiger charge is 2.25. The summed E-state index contributed by atoms with van der Waals surface area (Å²) in [6, 6.07) is 11.8. The van der Waals surface area contributed by atoms with Crippen molar-refractivity contribution in [2.45, 2.75) is 13.3 Å². The maximum Gasteiger partial charge on any atom is 0.340 e. The number of amidine groups is 1. The zero-order chi connectivity index (χ0) is 23.8. The van der Waals surface area contributed by atoms with Gasteiger partial charge in [0.1, 0.15) is 0 Å². The van der Waals surface area contributed by atoms with Crippen LogP contribution in [0.3, 0.4) is 0 Å². The highest BCUT2D eigenvalue weighted by Crippen LogP contribution is 2.33. The number of methoxy groups -OCH3 is 1. The van der Waals surface area contributed by atoms with E-state index in [-0.39, 0.29) is 18.9 Å². The minimum Gasteiger partial charge on any atom is -0.490 e. The van der Waals surface area contributed by atoms with E-state index >= 15 is 0 Å². The molecule has 0 saturated carbocycles. The van der Waals surface area contributed by atoms with Crippen molar-refractivity contribution >= 4 is 46.5 Å². The first-order valence-corrected chi connectivity index (χ1v) is 10.8. The molecule has 0 unspecified atom stereocenters. The smallest absolute Gasteiger partial charge is 0.340 e. The number of benzene rings is 2. The van der Waals surface area contributed by atoms with Crippen LogP contribution in [0.15, 0.2) is 52.4 Å². The molecule has 10 heteroatoms. The lowest BCUT2D eigenvalue weighted by Gasteiger charge is -2.12. The van der Waals surface area contributed by atoms with Gasteiger partial charge in [0.25, 0.3) is 5.91 Å². The van der Waals surface area contributed by atoms with Crippen LogP contribution in [-0.4, -0.2) is 48.4 Å². The lowest BCUT2D eigenvalue weighted by molar-refractivity contribution is -0.137. The molecule has 1 aliphatic heterocycles. The number of nitrogens with one attached hydrogen (secondary N) is 1. The van der Waals surface area contributed by atoms with Gasteiger partial charge >= 0.3 is 11.9 Å². The van der Waals surface area contributed by atoms with Crippen LogP contribution in [-0.2, 0) is 14.3 Å². The molecular weight excluding hydrogens is 448 g/mol. The van der Waals surface area contributed by atoms with Gasteiger partial charge in [-0.2, -0.15) is 0 Å². The standard InChI is InChI=1S/C23H22N2O7S/c1-3-31-18-12-14(8-9-17(18)32-11-10-20(26)27)13-19-21(28)25-23(33-19)24-16-7-5-4-6-15(16)22(29)30-2/h4-9,12-13H,3,10-11H2,1-2H3,(H,26,27)(H,24,25,28)/b19-13+. The molecule has 0 spiro atoms. The zero-order valence-corrected chi connectivity index (χ0v) is 18.8. The predicted molar refractivity (Wildman–Crippen MR) is 124 cm³/mol. The minimum atomic E-state index is -0.953. The number of para-hydroxylation sites is 1. The fraction of sp³-hybridized carbons (Fsp3) is 0.217. The Balaban J connectivity index is 1.81. The van der Waals surface area contributed by atoms with Crippen LogP contribution in [0.1, 0.15) is 29.3 Å². The van der Waals surface area contributed by atoms with E-state index in [0.717, 1.165) is 11.8 Å². The Bertz CT molecular complexity index is 1130. The number of nitrogens with zero attached hydrogens (tertiary/aromatic N) is 1. The molecule has 1 aliphatic rings. The molecule has 9 nitrogen and oxygen atoms in total. The number of hydrogen-bond donors (Lipinski definition) is 2. The van der Waals surface area contributed by atoms with Gasteiger partial charge in [-0.15, -0.1) is 0 Å². The number of carbonyl (C=O) groups is 3. The lowest BCUT2D eigenvalue weighted by Crippen LogP contribution is -2.19. The summed E-state index contributed by atoms with van der Waals surface area (Å²) in [5.41, 5.74) is 1.37. The van der Waals surface area contributed by atoms with Crippen molar-refractivity contribution in [3.05, 3.63) is 58.5 Å². The number of hydrogen-bond acceptors (Lipinski definition) is 8. The maximum atomic E-state index is 12.5. The minimum absolute atomic E-state index is 0.0149. The molecule has 0 bridgehead atoms. The van der Waals surface area contributed by atoms with E-state index in [1.807, 2.05) is 6.92 Å². The van der Waals surface area contributed by atoms with Crippen LogP contribution in [0.4, 0.5) is 5.69 Å². The van der Waals surface area contributed by atoms with E-state index in [0.29, 0.717) is 45.0 Å². The van der Waals surface area contributed by atoms with Gasteiger partial charge < -0.3 is 24.6 Å². The molecule has 1 heterocycles. The monoisotopic (exact) mass is 470 g/mol. The Labute approximate surface area is 194 Å². The second-order valence-electron chi connectivity index (χ2n) is 6.62. The van der Waals surface area contributed by atoms with Gasteiger partial charge in [0.05, 0.1) is 42.9 Å². The number of amides is 1. The average Bonchev–Trinajstić information content (AvgIpc) is 3.13. The molecule has 2 aromatic rings. The molecule has 2 aromatic carbocycles. The molecule has 2 N–H and O–H groups in total. The molecular formula is C23H22N2O7S. The molecule has 0 aliphatic carbocycles. The Kier molecular flexibility index (Phi) is 8.09. The van der Waals surface area contributed by atoms with Crippen molar-refractivity contribution in [1.29, 1.82) is 0 Å². The maximum absolute atomic E-state index is 12.5. The second kappa shape index (κ2) is 11.2. The van der Waals surface area contributed by atoms with Gasteiger partial charge in [0.2, 0.25) is 0 Å². The Hall–Kier alpha value is -3.79. The third-order valence-electron chi connectivity index (χ3n) is 4.32. The number of aliphatic imine (C=N–C) groups is 1. The summed E-state index contributed by atoms with van der Waals surface area (Å²) in [5, 5.41) is 11.8. The number of carbonyl (C=O) groups excluding carboxylic acids is 2. The van der Waals surface area contributed by atoms with Crippen molar-refractivity contribution in [3.63, 3.8) is 0 Å². The largest absolute Gasteiger partial charge is 0.490 e. The van der Waals surface area contributed by atoms with Crippen LogP contribution in [0.2, 0.25) is 0 Å². The third-order valence-corrected chi connectivity index (χ3v) is 5.23. The van der Waals surface area contributed by atoms with Crippen LogP contribution < -0.4 is 14.8 Å². The van der Waals surface area contributed by atoms with Gasteiger partial charge in [-0.25, -0.2) is 9.79 Å². The van der Waals surface area contributed by atoms with E-state index in [2.05, 4.69) is 10.3 Å². The number of carboxylic acid groups (broad SMARTS) is 1. The lowest BCUT2D eigenvalue weighted by atomic mass is 10.2. The van der Waals surface area contributed by atoms with E-state index in [1.54, 1.807) is 48.5 Å². The van der Waals surface area contributed by atoms with E-state index in [4.69, 9.17) is 19.3 Å². The Morgan fingerprint density at radius 2 is 1.94 bits per heavy atom. The fourth-order valence-electron chi connectivity index (χ4n) is 2.85. The predicted octanol–water partition coefficient (Wildman–Crippen LogP) is 3.62. The summed E-state index contributed by atoms with van der Waals surface area (Å²) >= 11 is 1.14. The quantitative estimate of drug-likeness (QED) is 0.421. The molecule has 1 amide bonds. The number of ether oxygens (including phenoxy) is 3. The molecule has 172 valence electrons. The van der Waals surface area contributed by atoms with Gasteiger partial charge in [-0.3, -0.25) is 9.59 Å². The first kappa shape index (κ1) is 23.9. The zero-order valence-electron chi connectivity index (χ0n) is 18.0. The number of carboxylic acids is 1. The number of thioether (sulfide) groups is 1. The summed E-state index contributed by atoms with van der Waals surface area (Å²) in [7, 11) is 1.29. The van der Waals surface area contributed by atoms with Crippen molar-refractivity contribution in [3.8, 4) is 11.5 Å². The Morgan fingerprint density at radius 3 is 2.67 bits per heavy atom. The van der Waals surface area contributed by atoms with E-state index in [1.165, 1.54) is 7.11 Å². The Morgan fingerprint density at radius 1 is 1.15 bits per heavy atom. The van der Waals surface area contributed by atoms with Crippen molar-refractivity contribution < 1.29 is 33.7 Å². The second-order valence-corrected chi connectivity index (χ2v) is 7.65. The SMILES string of the molecule is CCOc1cc(/C=C2/SC(=Nc3ccccc3C(=O)OC)NC2=O)ccc1OCCC(=O)O. The number of rotatable bonds is 9. The summed E-state index contributed by atoms with van der Waals surface area (Å²) in [6.07, 6.45) is 1.55. The van der Waals surface area contributed by atoms with Crippen molar-refractivity contribution in [2.24, 2.45) is 4.99 Å². The van der Waals surface area contributed by atoms with Crippen LogP contribution >= 0.6 is 11.8 Å². The fourth-order valence-corrected chi connectivity index (χ4v) is 3.68. The molecule has 3 rings (SSSR count). The van der Waals surface area contributed by atoms with E-state index < -0.39 is 11.9 Å². The van der Waals surface area contributed by atoms with Crippen LogP contribution in [0.25, 0.3) is 6.08 Å². The molecule has 1 fully saturated rings. The number of aliphatic carboxylic acids is 1. The van der Waals surface area contributed by atoms with E-state index in [9.17, 15) is 14.4 Å². The van der Waals surface area contributed by atoms with Gasteiger partial charge in [-0.05, 0) is 54.6 Å².